The number of nitrogens with zero attached hydrogens (tertiary/aromatic N) is 1. The molecule has 5 nitrogen and oxygen atoms in total. The van der Waals surface area contributed by atoms with E-state index in [9.17, 15) is 4.79 Å². The largest absolute Gasteiger partial charge is 0.284 e. The minimum absolute atomic E-state index is 0.0689. The van der Waals surface area contributed by atoms with Crippen LogP contribution in [0.1, 0.15) is 0 Å². The van der Waals surface area contributed by atoms with Gasteiger partial charge in [-0.3, -0.25) is 9.36 Å². The minimum atomic E-state index is -0.0689. The van der Waals surface area contributed by atoms with E-state index in [1.54, 1.807) is 10.6 Å². The van der Waals surface area contributed by atoms with Crippen LogP contribution in [0.5, 0.6) is 0 Å². The lowest BCUT2D eigenvalue weighted by molar-refractivity contribution is -0.195. The molecule has 0 fully saturated rings. The number of para-hydroxylation sites is 1. The lowest BCUT2D eigenvalue weighted by atomic mass is 10.1. The molecule has 3 rings (SSSR count). The average Bonchev–Trinajstić information content (AvgIpc) is 2.62. The van der Waals surface area contributed by atoms with E-state index in [-0.39, 0.29) is 5.56 Å². The number of benzene rings is 2. The van der Waals surface area contributed by atoms with Crippen LogP contribution in [0, 0.1) is 0 Å². The van der Waals surface area contributed by atoms with Gasteiger partial charge in [0.2, 0.25) is 0 Å². The van der Waals surface area contributed by atoms with Gasteiger partial charge in [0.05, 0.1) is 12.0 Å². The summed E-state index contributed by atoms with van der Waals surface area (Å²) in [6.45, 7) is 0. The fraction of sp³-hybridized carbons (Fsp3) is 0. The molecule has 1 aromatic heterocycles. The molecular weight excluding hydrogens is 312 g/mol. The number of hydrogen-bond acceptors (Lipinski definition) is 5. The topological polar surface area (TPSA) is 66.5 Å². The molecule has 2 aromatic carbocycles. The first-order valence-corrected chi connectivity index (χ1v) is 7.61. The molecule has 0 spiro atoms. The number of pyridine rings is 1. The minimum Gasteiger partial charge on any atom is -0.284 e. The van der Waals surface area contributed by atoms with E-state index in [1.807, 2.05) is 66.9 Å². The Morgan fingerprint density at radius 2 is 1.57 bits per heavy atom. The van der Waals surface area contributed by atoms with Crippen LogP contribution in [-0.2, 0) is 9.32 Å². The number of hydrogen-bond donors (Lipinski definition) is 1. The predicted octanol–water partition coefficient (Wildman–Crippen LogP) is 3.33. The summed E-state index contributed by atoms with van der Waals surface area (Å²) >= 11 is 1.02. The molecule has 0 saturated carbocycles. The molecule has 0 aliphatic rings. The quantitative estimate of drug-likeness (QED) is 0.442. The molecule has 23 heavy (non-hydrogen) atoms. The van der Waals surface area contributed by atoms with Gasteiger partial charge in [0.1, 0.15) is 0 Å². The monoisotopic (exact) mass is 326 g/mol. The molecule has 0 saturated heterocycles. The van der Waals surface area contributed by atoms with Gasteiger partial charge in [0.15, 0.2) is 0 Å². The molecule has 0 radical (unpaired) electrons. The van der Waals surface area contributed by atoms with Crippen LogP contribution in [-0.4, -0.2) is 4.57 Å². The number of aromatic nitrogens is 1. The highest BCUT2D eigenvalue weighted by atomic mass is 32.2. The first-order chi connectivity index (χ1) is 11.3. The van der Waals surface area contributed by atoms with Crippen LogP contribution in [0.15, 0.2) is 82.6 Å². The standard InChI is InChI=1S/C17H14N2O3S/c18-21-22-23-16-9-6-13(7-10-16)14-8-11-17(20)19(12-14)15-4-2-1-3-5-15/h1-12H,18H2. The van der Waals surface area contributed by atoms with Crippen molar-refractivity contribution in [3.05, 3.63) is 83.3 Å². The highest BCUT2D eigenvalue weighted by Crippen LogP contribution is 2.24. The molecule has 0 bridgehead atoms. The van der Waals surface area contributed by atoms with Crippen molar-refractivity contribution in [1.29, 1.82) is 0 Å². The van der Waals surface area contributed by atoms with Gasteiger partial charge in [-0.2, -0.15) is 5.90 Å². The predicted molar refractivity (Wildman–Crippen MR) is 89.7 cm³/mol. The molecule has 6 heteroatoms. The summed E-state index contributed by atoms with van der Waals surface area (Å²) in [5.41, 5.74) is 2.70. The van der Waals surface area contributed by atoms with Gasteiger partial charge in [0, 0.05) is 22.8 Å². The van der Waals surface area contributed by atoms with Crippen molar-refractivity contribution in [2.75, 3.05) is 0 Å². The maximum Gasteiger partial charge on any atom is 0.255 e. The molecule has 2 N–H and O–H groups in total. The SMILES string of the molecule is NOOSc1ccc(-c2ccc(=O)n(-c3ccccc3)c2)cc1. The molecule has 116 valence electrons. The van der Waals surface area contributed by atoms with Gasteiger partial charge in [-0.05, 0) is 41.5 Å². The summed E-state index contributed by atoms with van der Waals surface area (Å²) in [4.78, 5) is 17.0. The zero-order chi connectivity index (χ0) is 16.1. The van der Waals surface area contributed by atoms with Gasteiger partial charge >= 0.3 is 0 Å². The van der Waals surface area contributed by atoms with Crippen LogP contribution < -0.4 is 11.5 Å². The Morgan fingerprint density at radius 1 is 0.870 bits per heavy atom. The zero-order valence-corrected chi connectivity index (χ0v) is 12.9. The Hall–Kier alpha value is -2.38. The lowest BCUT2D eigenvalue weighted by Gasteiger charge is -2.09. The van der Waals surface area contributed by atoms with Crippen LogP contribution >= 0.6 is 12.0 Å². The molecule has 3 aromatic rings. The van der Waals surface area contributed by atoms with Crippen LogP contribution in [0.4, 0.5) is 0 Å². The van der Waals surface area contributed by atoms with Crippen LogP contribution in [0.25, 0.3) is 16.8 Å². The van der Waals surface area contributed by atoms with Gasteiger partial charge in [-0.1, -0.05) is 30.3 Å². The Kier molecular flexibility index (Phi) is 4.89. The second kappa shape index (κ2) is 7.26. The molecule has 0 atom stereocenters. The highest BCUT2D eigenvalue weighted by Gasteiger charge is 2.04. The van der Waals surface area contributed by atoms with E-state index in [4.69, 9.17) is 5.90 Å². The molecule has 0 aliphatic heterocycles. The van der Waals surface area contributed by atoms with E-state index in [2.05, 4.69) is 9.32 Å². The van der Waals surface area contributed by atoms with Crippen molar-refractivity contribution in [2.24, 2.45) is 5.90 Å². The Balaban J connectivity index is 1.93. The maximum absolute atomic E-state index is 12.1. The zero-order valence-electron chi connectivity index (χ0n) is 12.1. The summed E-state index contributed by atoms with van der Waals surface area (Å²) in [6, 6.07) is 20.6. The summed E-state index contributed by atoms with van der Waals surface area (Å²) in [7, 11) is 0. The Bertz CT molecular complexity index is 832. The number of rotatable bonds is 5. The third-order valence-corrected chi connectivity index (χ3v) is 3.91. The van der Waals surface area contributed by atoms with E-state index in [0.29, 0.717) is 0 Å². The third kappa shape index (κ3) is 3.69. The fourth-order valence-electron chi connectivity index (χ4n) is 2.21. The number of nitrogens with two attached hydrogens (primary N) is 1. The average molecular weight is 326 g/mol. The van der Waals surface area contributed by atoms with Crippen LogP contribution in [0.3, 0.4) is 0 Å². The van der Waals surface area contributed by atoms with E-state index in [1.165, 1.54) is 0 Å². The first-order valence-electron chi connectivity index (χ1n) is 6.86. The van der Waals surface area contributed by atoms with E-state index in [0.717, 1.165) is 33.8 Å². The maximum atomic E-state index is 12.1. The Morgan fingerprint density at radius 3 is 2.26 bits per heavy atom. The van der Waals surface area contributed by atoms with Gasteiger partial charge < -0.3 is 0 Å². The van der Waals surface area contributed by atoms with Crippen molar-refractivity contribution in [3.63, 3.8) is 0 Å². The molecule has 0 aliphatic carbocycles. The summed E-state index contributed by atoms with van der Waals surface area (Å²) in [5.74, 6) is 4.81. The van der Waals surface area contributed by atoms with Gasteiger partial charge in [0.25, 0.3) is 5.56 Å². The van der Waals surface area contributed by atoms with Gasteiger partial charge in [-0.25, -0.2) is 0 Å². The van der Waals surface area contributed by atoms with Crippen LogP contribution in [0.2, 0.25) is 0 Å². The third-order valence-electron chi connectivity index (χ3n) is 3.30. The van der Waals surface area contributed by atoms with Crippen molar-refractivity contribution in [3.8, 4) is 16.8 Å². The molecule has 0 unspecified atom stereocenters. The van der Waals surface area contributed by atoms with Crippen molar-refractivity contribution in [1.82, 2.24) is 4.57 Å². The van der Waals surface area contributed by atoms with Crippen molar-refractivity contribution in [2.45, 2.75) is 4.90 Å². The fourth-order valence-corrected chi connectivity index (χ4v) is 2.58. The van der Waals surface area contributed by atoms with Crippen molar-refractivity contribution < 1.29 is 9.32 Å². The smallest absolute Gasteiger partial charge is 0.255 e. The summed E-state index contributed by atoms with van der Waals surface area (Å²) in [6.07, 6.45) is 1.83. The lowest BCUT2D eigenvalue weighted by Crippen LogP contribution is -2.16. The van der Waals surface area contributed by atoms with Gasteiger partial charge in [-0.15, -0.1) is 9.32 Å². The normalized spacial score (nSPS) is 10.7. The second-order valence-corrected chi connectivity index (χ2v) is 5.51. The molecule has 0 amide bonds. The summed E-state index contributed by atoms with van der Waals surface area (Å²) in [5, 5.41) is 0. The van der Waals surface area contributed by atoms with Crippen molar-refractivity contribution >= 4 is 12.0 Å². The second-order valence-electron chi connectivity index (χ2n) is 4.73. The van der Waals surface area contributed by atoms with E-state index >= 15 is 0 Å². The first kappa shape index (κ1) is 15.5. The molecule has 1 heterocycles. The molecular formula is C17H14N2O3S. The summed E-state index contributed by atoms with van der Waals surface area (Å²) < 4.78 is 6.24. The Labute approximate surface area is 137 Å². The van der Waals surface area contributed by atoms with E-state index < -0.39 is 0 Å². The highest BCUT2D eigenvalue weighted by molar-refractivity contribution is 7.94.